The first-order valence-corrected chi connectivity index (χ1v) is 6.82. The Morgan fingerprint density at radius 1 is 0.909 bits per heavy atom. The van der Waals surface area contributed by atoms with Crippen LogP contribution in [0.5, 0.6) is 0 Å². The van der Waals surface area contributed by atoms with Crippen molar-refractivity contribution in [3.05, 3.63) is 66.9 Å². The fourth-order valence-corrected chi connectivity index (χ4v) is 2.46. The van der Waals surface area contributed by atoms with Gasteiger partial charge in [0, 0.05) is 28.9 Å². The van der Waals surface area contributed by atoms with Crippen molar-refractivity contribution >= 4 is 11.0 Å². The molecule has 0 spiro atoms. The second kappa shape index (κ2) is 5.04. The monoisotopic (exact) mass is 290 g/mol. The van der Waals surface area contributed by atoms with E-state index in [1.807, 2.05) is 18.2 Å². The van der Waals surface area contributed by atoms with E-state index in [-0.39, 0.29) is 5.82 Å². The largest absolute Gasteiger partial charge is 0.265 e. The van der Waals surface area contributed by atoms with Crippen molar-refractivity contribution in [1.29, 1.82) is 0 Å². The molecule has 1 aromatic carbocycles. The van der Waals surface area contributed by atoms with Crippen molar-refractivity contribution in [2.24, 2.45) is 0 Å². The predicted molar refractivity (Wildman–Crippen MR) is 82.5 cm³/mol. The molecule has 3 aromatic heterocycles. The fourth-order valence-electron chi connectivity index (χ4n) is 2.46. The standard InChI is InChI=1S/C17H11FN4/c18-14-3-1-12(2-4-14)16-15(11-5-7-19-8-6-11)9-13-10-20-22-17(13)21-16/h1-10H,(H,20,21,22). The number of nitrogens with zero attached hydrogens (tertiary/aromatic N) is 3. The average Bonchev–Trinajstić information content (AvgIpc) is 3.03. The molecule has 3 heterocycles. The van der Waals surface area contributed by atoms with Crippen LogP contribution in [-0.4, -0.2) is 20.2 Å². The van der Waals surface area contributed by atoms with Gasteiger partial charge in [0.15, 0.2) is 5.65 Å². The van der Waals surface area contributed by atoms with Crippen LogP contribution in [0.2, 0.25) is 0 Å². The zero-order chi connectivity index (χ0) is 14.9. The number of H-pyrrole nitrogens is 1. The number of hydrogen-bond donors (Lipinski definition) is 1. The summed E-state index contributed by atoms with van der Waals surface area (Å²) in [6.45, 7) is 0. The van der Waals surface area contributed by atoms with Gasteiger partial charge in [0.05, 0.1) is 11.9 Å². The molecular formula is C17H11FN4. The maximum Gasteiger partial charge on any atom is 0.155 e. The number of hydrogen-bond acceptors (Lipinski definition) is 3. The Labute approximate surface area is 125 Å². The van der Waals surface area contributed by atoms with Crippen LogP contribution < -0.4 is 0 Å². The Morgan fingerprint density at radius 2 is 1.68 bits per heavy atom. The van der Waals surface area contributed by atoms with Crippen LogP contribution in [0.15, 0.2) is 61.1 Å². The van der Waals surface area contributed by atoms with Crippen LogP contribution in [0.25, 0.3) is 33.4 Å². The first-order chi connectivity index (χ1) is 10.8. The van der Waals surface area contributed by atoms with E-state index < -0.39 is 0 Å². The van der Waals surface area contributed by atoms with Gasteiger partial charge < -0.3 is 0 Å². The zero-order valence-electron chi connectivity index (χ0n) is 11.5. The number of nitrogens with one attached hydrogen (secondary N) is 1. The Morgan fingerprint density at radius 3 is 2.45 bits per heavy atom. The maximum absolute atomic E-state index is 13.2. The highest BCUT2D eigenvalue weighted by molar-refractivity contribution is 5.89. The molecule has 106 valence electrons. The molecule has 0 saturated heterocycles. The van der Waals surface area contributed by atoms with E-state index in [0.717, 1.165) is 27.8 Å². The predicted octanol–water partition coefficient (Wildman–Crippen LogP) is 3.83. The summed E-state index contributed by atoms with van der Waals surface area (Å²) in [6, 6.07) is 12.2. The molecule has 0 amide bonds. The second-order valence-electron chi connectivity index (χ2n) is 4.94. The van der Waals surface area contributed by atoms with Gasteiger partial charge >= 0.3 is 0 Å². The minimum atomic E-state index is -0.267. The van der Waals surface area contributed by atoms with E-state index in [9.17, 15) is 4.39 Å². The summed E-state index contributed by atoms with van der Waals surface area (Å²) in [4.78, 5) is 8.70. The molecule has 5 heteroatoms. The molecule has 0 saturated carbocycles. The highest BCUT2D eigenvalue weighted by Crippen LogP contribution is 2.32. The molecule has 0 aliphatic carbocycles. The molecule has 0 fully saturated rings. The Balaban J connectivity index is 2.00. The van der Waals surface area contributed by atoms with Gasteiger partial charge in [0.25, 0.3) is 0 Å². The summed E-state index contributed by atoms with van der Waals surface area (Å²) in [6.07, 6.45) is 5.22. The van der Waals surface area contributed by atoms with E-state index in [1.54, 1.807) is 30.7 Å². The summed E-state index contributed by atoms with van der Waals surface area (Å²) in [5, 5.41) is 7.83. The SMILES string of the molecule is Fc1ccc(-c2nc3[nH]ncc3cc2-c2ccncc2)cc1. The van der Waals surface area contributed by atoms with Crippen molar-refractivity contribution in [2.75, 3.05) is 0 Å². The highest BCUT2D eigenvalue weighted by Gasteiger charge is 2.12. The number of pyridine rings is 2. The lowest BCUT2D eigenvalue weighted by Gasteiger charge is -2.09. The lowest BCUT2D eigenvalue weighted by molar-refractivity contribution is 0.628. The molecule has 0 atom stereocenters. The van der Waals surface area contributed by atoms with Crippen molar-refractivity contribution < 1.29 is 4.39 Å². The molecule has 1 N–H and O–H groups in total. The van der Waals surface area contributed by atoms with Gasteiger partial charge in [0.1, 0.15) is 5.82 Å². The van der Waals surface area contributed by atoms with Crippen molar-refractivity contribution in [1.82, 2.24) is 20.2 Å². The second-order valence-corrected chi connectivity index (χ2v) is 4.94. The third-order valence-corrected chi connectivity index (χ3v) is 3.54. The summed E-state index contributed by atoms with van der Waals surface area (Å²) in [5.74, 6) is -0.267. The van der Waals surface area contributed by atoms with Crippen LogP contribution in [0.3, 0.4) is 0 Å². The van der Waals surface area contributed by atoms with E-state index in [1.165, 1.54) is 12.1 Å². The quantitative estimate of drug-likeness (QED) is 0.610. The lowest BCUT2D eigenvalue weighted by Crippen LogP contribution is -1.91. The van der Waals surface area contributed by atoms with Gasteiger partial charge in [-0.15, -0.1) is 0 Å². The Hall–Kier alpha value is -3.08. The molecule has 0 unspecified atom stereocenters. The zero-order valence-corrected chi connectivity index (χ0v) is 11.5. The molecule has 22 heavy (non-hydrogen) atoms. The minimum absolute atomic E-state index is 0.267. The molecule has 4 rings (SSSR count). The van der Waals surface area contributed by atoms with Gasteiger partial charge in [-0.2, -0.15) is 5.10 Å². The van der Waals surface area contributed by atoms with Crippen LogP contribution in [-0.2, 0) is 0 Å². The summed E-state index contributed by atoms with van der Waals surface area (Å²) in [7, 11) is 0. The first-order valence-electron chi connectivity index (χ1n) is 6.82. The van der Waals surface area contributed by atoms with Crippen LogP contribution in [0, 0.1) is 5.82 Å². The topological polar surface area (TPSA) is 54.5 Å². The first kappa shape index (κ1) is 12.6. The average molecular weight is 290 g/mol. The minimum Gasteiger partial charge on any atom is -0.265 e. The molecule has 0 aliphatic heterocycles. The van der Waals surface area contributed by atoms with E-state index in [0.29, 0.717) is 5.65 Å². The summed E-state index contributed by atoms with van der Waals surface area (Å²) >= 11 is 0. The van der Waals surface area contributed by atoms with E-state index in [2.05, 4.69) is 20.2 Å². The van der Waals surface area contributed by atoms with Gasteiger partial charge in [-0.25, -0.2) is 9.37 Å². The van der Waals surface area contributed by atoms with E-state index >= 15 is 0 Å². The number of aromatic nitrogens is 4. The molecule has 0 aliphatic rings. The van der Waals surface area contributed by atoms with Crippen LogP contribution >= 0.6 is 0 Å². The summed E-state index contributed by atoms with van der Waals surface area (Å²) < 4.78 is 13.2. The Bertz CT molecular complexity index is 930. The highest BCUT2D eigenvalue weighted by atomic mass is 19.1. The smallest absolute Gasteiger partial charge is 0.155 e. The molecule has 0 radical (unpaired) electrons. The van der Waals surface area contributed by atoms with Gasteiger partial charge in [0.2, 0.25) is 0 Å². The fraction of sp³-hybridized carbons (Fsp3) is 0. The third kappa shape index (κ3) is 2.13. The summed E-state index contributed by atoms with van der Waals surface area (Å²) in [5.41, 5.74) is 4.30. The van der Waals surface area contributed by atoms with Gasteiger partial charge in [-0.05, 0) is 48.0 Å². The molecule has 4 aromatic rings. The van der Waals surface area contributed by atoms with Gasteiger partial charge in [-0.3, -0.25) is 10.1 Å². The number of halogens is 1. The molecular weight excluding hydrogens is 279 g/mol. The van der Waals surface area contributed by atoms with Crippen LogP contribution in [0.1, 0.15) is 0 Å². The lowest BCUT2D eigenvalue weighted by atomic mass is 9.99. The normalized spacial score (nSPS) is 11.0. The number of rotatable bonds is 2. The van der Waals surface area contributed by atoms with E-state index in [4.69, 9.17) is 0 Å². The number of benzene rings is 1. The molecule has 4 nitrogen and oxygen atoms in total. The van der Waals surface area contributed by atoms with Crippen LogP contribution in [0.4, 0.5) is 4.39 Å². The van der Waals surface area contributed by atoms with Crippen molar-refractivity contribution in [3.63, 3.8) is 0 Å². The van der Waals surface area contributed by atoms with Crippen molar-refractivity contribution in [3.8, 4) is 22.4 Å². The van der Waals surface area contributed by atoms with Gasteiger partial charge in [-0.1, -0.05) is 0 Å². The third-order valence-electron chi connectivity index (χ3n) is 3.54. The number of aromatic amines is 1. The van der Waals surface area contributed by atoms with Crippen molar-refractivity contribution in [2.45, 2.75) is 0 Å². The number of fused-ring (bicyclic) bond motifs is 1. The maximum atomic E-state index is 13.2. The Kier molecular flexibility index (Phi) is 2.89. The molecule has 0 bridgehead atoms.